The molecule has 0 radical (unpaired) electrons. The molecule has 6 heteroatoms. The predicted octanol–water partition coefficient (Wildman–Crippen LogP) is 2.08. The number of nitrogens with one attached hydrogen (secondary N) is 3. The molecule has 2 aliphatic rings. The fraction of sp³-hybridized carbons (Fsp3) is 0.556. The van der Waals surface area contributed by atoms with Gasteiger partial charge in [-0.15, -0.1) is 0 Å². The largest absolute Gasteiger partial charge is 0.495 e. The molecule has 130 valence electrons. The maximum absolute atomic E-state index is 12.0. The van der Waals surface area contributed by atoms with Gasteiger partial charge in [0.1, 0.15) is 5.75 Å². The number of para-hydroxylation sites is 2. The van der Waals surface area contributed by atoms with Crippen LogP contribution in [0.4, 0.5) is 5.69 Å². The van der Waals surface area contributed by atoms with E-state index in [-0.39, 0.29) is 18.4 Å². The van der Waals surface area contributed by atoms with Crippen LogP contribution in [0.3, 0.4) is 0 Å². The lowest BCUT2D eigenvalue weighted by Crippen LogP contribution is -2.44. The molecule has 1 aromatic rings. The quantitative estimate of drug-likeness (QED) is 0.697. The Hall–Kier alpha value is -2.24. The van der Waals surface area contributed by atoms with E-state index in [1.54, 1.807) is 7.11 Å². The SMILES string of the molecule is COc1ccccc1NCC(=O)NNC(=O)CC1CC2CCC1C2. The third kappa shape index (κ3) is 3.99. The van der Waals surface area contributed by atoms with Crippen LogP contribution >= 0.6 is 0 Å². The van der Waals surface area contributed by atoms with Gasteiger partial charge in [-0.1, -0.05) is 18.6 Å². The third-order valence-corrected chi connectivity index (χ3v) is 5.22. The normalized spacial score (nSPS) is 24.5. The molecule has 0 heterocycles. The van der Waals surface area contributed by atoms with Crippen LogP contribution in [0.15, 0.2) is 24.3 Å². The highest BCUT2D eigenvalue weighted by molar-refractivity contribution is 5.84. The highest BCUT2D eigenvalue weighted by Crippen LogP contribution is 2.49. The van der Waals surface area contributed by atoms with Gasteiger partial charge < -0.3 is 10.1 Å². The van der Waals surface area contributed by atoms with E-state index in [4.69, 9.17) is 4.74 Å². The zero-order chi connectivity index (χ0) is 16.9. The average Bonchev–Trinajstić information content (AvgIpc) is 3.21. The summed E-state index contributed by atoms with van der Waals surface area (Å²) < 4.78 is 5.21. The van der Waals surface area contributed by atoms with E-state index < -0.39 is 0 Å². The molecule has 1 aromatic carbocycles. The van der Waals surface area contributed by atoms with Crippen LogP contribution in [-0.2, 0) is 9.59 Å². The van der Waals surface area contributed by atoms with Crippen LogP contribution in [0, 0.1) is 17.8 Å². The molecule has 3 N–H and O–H groups in total. The first-order valence-corrected chi connectivity index (χ1v) is 8.60. The minimum atomic E-state index is -0.290. The lowest BCUT2D eigenvalue weighted by molar-refractivity contribution is -0.128. The predicted molar refractivity (Wildman–Crippen MR) is 91.3 cm³/mol. The van der Waals surface area contributed by atoms with E-state index in [2.05, 4.69) is 16.2 Å². The standard InChI is InChI=1S/C18H25N3O3/c1-24-16-5-3-2-4-15(16)19-11-18(23)21-20-17(22)10-14-9-12-6-7-13(14)8-12/h2-5,12-14,19H,6-11H2,1H3,(H,20,22)(H,21,23). The van der Waals surface area contributed by atoms with Crippen molar-refractivity contribution < 1.29 is 14.3 Å². The summed E-state index contributed by atoms with van der Waals surface area (Å²) in [6, 6.07) is 7.37. The number of carbonyl (C=O) groups excluding carboxylic acids is 2. The fourth-order valence-electron chi connectivity index (χ4n) is 4.07. The molecule has 2 saturated carbocycles. The monoisotopic (exact) mass is 331 g/mol. The Balaban J connectivity index is 1.37. The number of carbonyl (C=O) groups is 2. The second-order valence-electron chi connectivity index (χ2n) is 6.79. The van der Waals surface area contributed by atoms with E-state index in [1.165, 1.54) is 25.7 Å². The molecular formula is C18H25N3O3. The van der Waals surface area contributed by atoms with Gasteiger partial charge in [-0.2, -0.15) is 0 Å². The topological polar surface area (TPSA) is 79.5 Å². The number of anilines is 1. The van der Waals surface area contributed by atoms with Crippen molar-refractivity contribution >= 4 is 17.5 Å². The van der Waals surface area contributed by atoms with Gasteiger partial charge in [-0.25, -0.2) is 0 Å². The zero-order valence-corrected chi connectivity index (χ0v) is 14.0. The van der Waals surface area contributed by atoms with Gasteiger partial charge in [-0.3, -0.25) is 20.4 Å². The fourth-order valence-corrected chi connectivity index (χ4v) is 4.07. The summed E-state index contributed by atoms with van der Waals surface area (Å²) in [6.07, 6.45) is 5.56. The number of rotatable bonds is 6. The molecule has 24 heavy (non-hydrogen) atoms. The highest BCUT2D eigenvalue weighted by atomic mass is 16.5. The molecule has 0 saturated heterocycles. The van der Waals surface area contributed by atoms with Gasteiger partial charge in [0.15, 0.2) is 0 Å². The Morgan fingerprint density at radius 3 is 2.62 bits per heavy atom. The lowest BCUT2D eigenvalue weighted by atomic mass is 9.86. The van der Waals surface area contributed by atoms with Gasteiger partial charge in [0.25, 0.3) is 5.91 Å². The molecular weight excluding hydrogens is 306 g/mol. The van der Waals surface area contributed by atoms with E-state index in [0.717, 1.165) is 11.6 Å². The van der Waals surface area contributed by atoms with E-state index >= 15 is 0 Å². The number of amides is 2. The summed E-state index contributed by atoms with van der Waals surface area (Å²) in [7, 11) is 1.58. The van der Waals surface area contributed by atoms with Crippen LogP contribution in [0.2, 0.25) is 0 Å². The Morgan fingerprint density at radius 1 is 1.12 bits per heavy atom. The second kappa shape index (κ2) is 7.55. The number of hydrazine groups is 1. The Kier molecular flexibility index (Phi) is 5.23. The van der Waals surface area contributed by atoms with Crippen LogP contribution in [0.1, 0.15) is 32.1 Å². The number of benzene rings is 1. The number of fused-ring (bicyclic) bond motifs is 2. The van der Waals surface area contributed by atoms with Crippen LogP contribution in [-0.4, -0.2) is 25.5 Å². The third-order valence-electron chi connectivity index (χ3n) is 5.22. The summed E-state index contributed by atoms with van der Waals surface area (Å²) >= 11 is 0. The molecule has 6 nitrogen and oxygen atoms in total. The Bertz CT molecular complexity index is 605. The molecule has 0 aromatic heterocycles. The summed E-state index contributed by atoms with van der Waals surface area (Å²) in [5.74, 6) is 2.31. The molecule has 2 bridgehead atoms. The van der Waals surface area contributed by atoms with Crippen molar-refractivity contribution in [2.45, 2.75) is 32.1 Å². The van der Waals surface area contributed by atoms with Crippen molar-refractivity contribution in [3.05, 3.63) is 24.3 Å². The van der Waals surface area contributed by atoms with Gasteiger partial charge >= 0.3 is 0 Å². The second-order valence-corrected chi connectivity index (χ2v) is 6.79. The van der Waals surface area contributed by atoms with Crippen molar-refractivity contribution in [2.24, 2.45) is 17.8 Å². The molecule has 0 spiro atoms. The Morgan fingerprint density at radius 2 is 1.92 bits per heavy atom. The van der Waals surface area contributed by atoms with Crippen molar-refractivity contribution in [3.8, 4) is 5.75 Å². The van der Waals surface area contributed by atoms with Crippen LogP contribution in [0.5, 0.6) is 5.75 Å². The summed E-state index contributed by atoms with van der Waals surface area (Å²) in [6.45, 7) is 0.0643. The number of methoxy groups -OCH3 is 1. The van der Waals surface area contributed by atoms with Crippen molar-refractivity contribution in [3.63, 3.8) is 0 Å². The summed E-state index contributed by atoms with van der Waals surface area (Å²) in [5.41, 5.74) is 5.73. The van der Waals surface area contributed by atoms with Gasteiger partial charge in [0, 0.05) is 6.42 Å². The van der Waals surface area contributed by atoms with E-state index in [1.807, 2.05) is 24.3 Å². The molecule has 2 aliphatic carbocycles. The smallest absolute Gasteiger partial charge is 0.257 e. The molecule has 3 unspecified atom stereocenters. The minimum absolute atomic E-state index is 0.0643. The van der Waals surface area contributed by atoms with Gasteiger partial charge in [0.2, 0.25) is 5.91 Å². The Labute approximate surface area is 142 Å². The van der Waals surface area contributed by atoms with Crippen molar-refractivity contribution in [1.29, 1.82) is 0 Å². The summed E-state index contributed by atoms with van der Waals surface area (Å²) in [5, 5.41) is 2.99. The van der Waals surface area contributed by atoms with Crippen molar-refractivity contribution in [2.75, 3.05) is 19.0 Å². The van der Waals surface area contributed by atoms with E-state index in [9.17, 15) is 9.59 Å². The van der Waals surface area contributed by atoms with Crippen LogP contribution in [0.25, 0.3) is 0 Å². The maximum atomic E-state index is 12.0. The highest BCUT2D eigenvalue weighted by Gasteiger charge is 2.40. The lowest BCUT2D eigenvalue weighted by Gasteiger charge is -2.21. The summed E-state index contributed by atoms with van der Waals surface area (Å²) in [4.78, 5) is 23.8. The number of hydrogen-bond donors (Lipinski definition) is 3. The van der Waals surface area contributed by atoms with Gasteiger partial charge in [-0.05, 0) is 49.1 Å². The van der Waals surface area contributed by atoms with Crippen LogP contribution < -0.4 is 20.9 Å². The van der Waals surface area contributed by atoms with Crippen molar-refractivity contribution in [1.82, 2.24) is 10.9 Å². The number of hydrogen-bond acceptors (Lipinski definition) is 4. The van der Waals surface area contributed by atoms with Gasteiger partial charge in [0.05, 0.1) is 19.3 Å². The first-order chi connectivity index (χ1) is 11.7. The number of ether oxygens (including phenoxy) is 1. The van der Waals surface area contributed by atoms with E-state index in [0.29, 0.717) is 24.0 Å². The first-order valence-electron chi connectivity index (χ1n) is 8.60. The maximum Gasteiger partial charge on any atom is 0.257 e. The molecule has 2 amide bonds. The molecule has 3 rings (SSSR count). The molecule has 3 atom stereocenters. The minimum Gasteiger partial charge on any atom is -0.495 e. The average molecular weight is 331 g/mol. The molecule has 2 fully saturated rings. The molecule has 0 aliphatic heterocycles. The first kappa shape index (κ1) is 16.6. The zero-order valence-electron chi connectivity index (χ0n) is 14.0.